The Hall–Kier alpha value is -3.02. The molecule has 30 heavy (non-hydrogen) atoms. The number of aliphatic imine (C=N–C) groups is 1. The third-order valence-electron chi connectivity index (χ3n) is 4.95. The van der Waals surface area contributed by atoms with Crippen LogP contribution in [0.1, 0.15) is 37.5 Å². The Kier molecular flexibility index (Phi) is 6.98. The molecule has 2 aromatic rings. The van der Waals surface area contributed by atoms with E-state index in [1.165, 1.54) is 11.1 Å². The van der Waals surface area contributed by atoms with Crippen molar-refractivity contribution < 1.29 is 9.53 Å². The number of ether oxygens (including phenoxy) is 1. The number of hydrogen-bond acceptors (Lipinski definition) is 3. The van der Waals surface area contributed by atoms with Crippen LogP contribution in [0.2, 0.25) is 0 Å². The lowest BCUT2D eigenvalue weighted by Crippen LogP contribution is -2.45. The van der Waals surface area contributed by atoms with E-state index in [-0.39, 0.29) is 18.1 Å². The predicted octanol–water partition coefficient (Wildman–Crippen LogP) is 3.11. The van der Waals surface area contributed by atoms with E-state index >= 15 is 0 Å². The second-order valence-electron chi connectivity index (χ2n) is 8.44. The summed E-state index contributed by atoms with van der Waals surface area (Å²) >= 11 is 0. The van der Waals surface area contributed by atoms with Gasteiger partial charge in [0.2, 0.25) is 5.91 Å². The molecule has 0 aliphatic carbocycles. The van der Waals surface area contributed by atoms with Crippen LogP contribution in [0, 0.1) is 0 Å². The zero-order valence-corrected chi connectivity index (χ0v) is 18.4. The number of guanidine groups is 1. The smallest absolute Gasteiger partial charge is 0.242 e. The highest BCUT2D eigenvalue weighted by Crippen LogP contribution is 2.23. The highest BCUT2D eigenvalue weighted by atomic mass is 16.5. The largest absolute Gasteiger partial charge is 0.488 e. The summed E-state index contributed by atoms with van der Waals surface area (Å²) in [7, 11) is 1.70. The van der Waals surface area contributed by atoms with Gasteiger partial charge in [-0.05, 0) is 44.4 Å². The Bertz CT molecular complexity index is 902. The van der Waals surface area contributed by atoms with Crippen molar-refractivity contribution in [2.24, 2.45) is 4.99 Å². The molecule has 6 nitrogen and oxygen atoms in total. The molecular formula is C24H32N4O2. The number of benzene rings is 2. The first-order chi connectivity index (χ1) is 14.4. The van der Waals surface area contributed by atoms with Crippen LogP contribution < -0.4 is 15.4 Å². The molecule has 2 aromatic carbocycles. The molecule has 2 N–H and O–H groups in total. The standard InChI is InChI=1S/C24H32N4O2/c1-24(2,3)30-21-12-8-7-10-19(21)15-26-23(25-4)27-16-22(29)28-14-13-18-9-5-6-11-20(18)17-28/h5-12H,13-17H2,1-4H3,(H2,25,26,27). The van der Waals surface area contributed by atoms with Crippen molar-refractivity contribution in [1.82, 2.24) is 15.5 Å². The zero-order chi connectivity index (χ0) is 21.6. The monoisotopic (exact) mass is 408 g/mol. The van der Waals surface area contributed by atoms with Gasteiger partial charge >= 0.3 is 0 Å². The molecule has 0 unspecified atom stereocenters. The summed E-state index contributed by atoms with van der Waals surface area (Å²) in [6, 6.07) is 16.3. The Morgan fingerprint density at radius 1 is 1.07 bits per heavy atom. The van der Waals surface area contributed by atoms with Crippen LogP contribution in [0.5, 0.6) is 5.75 Å². The van der Waals surface area contributed by atoms with Crippen LogP contribution in [0.25, 0.3) is 0 Å². The van der Waals surface area contributed by atoms with Gasteiger partial charge in [-0.1, -0.05) is 42.5 Å². The molecule has 0 saturated heterocycles. The number of hydrogen-bond donors (Lipinski definition) is 2. The molecule has 1 aliphatic heterocycles. The fourth-order valence-electron chi connectivity index (χ4n) is 3.46. The summed E-state index contributed by atoms with van der Waals surface area (Å²) in [4.78, 5) is 18.8. The van der Waals surface area contributed by atoms with Crippen LogP contribution >= 0.6 is 0 Å². The average molecular weight is 409 g/mol. The molecule has 0 atom stereocenters. The minimum Gasteiger partial charge on any atom is -0.488 e. The van der Waals surface area contributed by atoms with E-state index < -0.39 is 0 Å². The van der Waals surface area contributed by atoms with E-state index in [1.54, 1.807) is 7.05 Å². The fraction of sp³-hybridized carbons (Fsp3) is 0.417. The lowest BCUT2D eigenvalue weighted by molar-refractivity contribution is -0.130. The van der Waals surface area contributed by atoms with Crippen molar-refractivity contribution in [2.45, 2.75) is 45.9 Å². The van der Waals surface area contributed by atoms with E-state index in [0.29, 0.717) is 19.0 Å². The third kappa shape index (κ3) is 5.99. The van der Waals surface area contributed by atoms with Gasteiger partial charge in [-0.3, -0.25) is 9.79 Å². The second-order valence-corrected chi connectivity index (χ2v) is 8.44. The highest BCUT2D eigenvalue weighted by Gasteiger charge is 2.20. The lowest BCUT2D eigenvalue weighted by atomic mass is 10.00. The van der Waals surface area contributed by atoms with Crippen molar-refractivity contribution in [3.8, 4) is 5.75 Å². The molecule has 0 radical (unpaired) electrons. The van der Waals surface area contributed by atoms with Gasteiger partial charge in [-0.15, -0.1) is 0 Å². The number of para-hydroxylation sites is 1. The molecular weight excluding hydrogens is 376 g/mol. The summed E-state index contributed by atoms with van der Waals surface area (Å²) in [5.41, 5.74) is 3.34. The van der Waals surface area contributed by atoms with Crippen molar-refractivity contribution in [3.63, 3.8) is 0 Å². The van der Waals surface area contributed by atoms with Gasteiger partial charge in [0.15, 0.2) is 5.96 Å². The summed E-state index contributed by atoms with van der Waals surface area (Å²) < 4.78 is 6.04. The molecule has 1 aliphatic rings. The van der Waals surface area contributed by atoms with E-state index in [1.807, 2.05) is 56.0 Å². The topological polar surface area (TPSA) is 66.0 Å². The molecule has 160 valence electrons. The van der Waals surface area contributed by atoms with E-state index in [0.717, 1.165) is 24.3 Å². The van der Waals surface area contributed by atoms with Crippen molar-refractivity contribution in [3.05, 3.63) is 65.2 Å². The minimum absolute atomic E-state index is 0.0731. The number of rotatable bonds is 5. The third-order valence-corrected chi connectivity index (χ3v) is 4.95. The molecule has 0 spiro atoms. The zero-order valence-electron chi connectivity index (χ0n) is 18.4. The molecule has 1 amide bonds. The molecule has 0 aromatic heterocycles. The van der Waals surface area contributed by atoms with Crippen LogP contribution in [0.15, 0.2) is 53.5 Å². The maximum Gasteiger partial charge on any atom is 0.242 e. The van der Waals surface area contributed by atoms with E-state index in [2.05, 4.69) is 33.8 Å². The van der Waals surface area contributed by atoms with Crippen molar-refractivity contribution in [2.75, 3.05) is 20.1 Å². The number of carbonyl (C=O) groups excluding carboxylic acids is 1. The number of nitrogens with zero attached hydrogens (tertiary/aromatic N) is 2. The van der Waals surface area contributed by atoms with Crippen molar-refractivity contribution in [1.29, 1.82) is 0 Å². The number of nitrogens with one attached hydrogen (secondary N) is 2. The molecule has 0 saturated carbocycles. The van der Waals surface area contributed by atoms with Gasteiger partial charge in [-0.2, -0.15) is 0 Å². The molecule has 3 rings (SSSR count). The number of fused-ring (bicyclic) bond motifs is 1. The average Bonchev–Trinajstić information content (AvgIpc) is 2.73. The first kappa shape index (κ1) is 21.7. The Morgan fingerprint density at radius 2 is 1.77 bits per heavy atom. The van der Waals surface area contributed by atoms with Crippen LogP contribution in [-0.2, 0) is 24.3 Å². The second kappa shape index (κ2) is 9.65. The summed E-state index contributed by atoms with van der Waals surface area (Å²) in [6.07, 6.45) is 0.902. The fourth-order valence-corrected chi connectivity index (χ4v) is 3.46. The maximum atomic E-state index is 12.7. The van der Waals surface area contributed by atoms with Gasteiger partial charge < -0.3 is 20.3 Å². The predicted molar refractivity (Wildman–Crippen MR) is 121 cm³/mol. The SMILES string of the molecule is CN=C(NCC(=O)N1CCc2ccccc2C1)NCc1ccccc1OC(C)(C)C. The Labute approximate surface area is 179 Å². The van der Waals surface area contributed by atoms with E-state index in [4.69, 9.17) is 4.74 Å². The summed E-state index contributed by atoms with van der Waals surface area (Å²) in [6.45, 7) is 8.27. The van der Waals surface area contributed by atoms with Crippen molar-refractivity contribution >= 4 is 11.9 Å². The van der Waals surface area contributed by atoms with Crippen LogP contribution in [0.3, 0.4) is 0 Å². The maximum absolute atomic E-state index is 12.7. The molecule has 0 bridgehead atoms. The lowest BCUT2D eigenvalue weighted by Gasteiger charge is -2.29. The summed E-state index contributed by atoms with van der Waals surface area (Å²) in [5, 5.41) is 6.41. The van der Waals surface area contributed by atoms with Gasteiger partial charge in [0, 0.05) is 32.2 Å². The number of amides is 1. The van der Waals surface area contributed by atoms with Gasteiger partial charge in [0.1, 0.15) is 11.4 Å². The molecule has 1 heterocycles. The minimum atomic E-state index is -0.268. The Morgan fingerprint density at radius 3 is 2.50 bits per heavy atom. The van der Waals surface area contributed by atoms with Crippen LogP contribution in [0.4, 0.5) is 0 Å². The summed E-state index contributed by atoms with van der Waals surface area (Å²) in [5.74, 6) is 1.51. The Balaban J connectivity index is 1.52. The van der Waals surface area contributed by atoms with Gasteiger partial charge in [0.05, 0.1) is 6.54 Å². The first-order valence-electron chi connectivity index (χ1n) is 10.4. The quantitative estimate of drug-likeness (QED) is 0.589. The van der Waals surface area contributed by atoms with Crippen LogP contribution in [-0.4, -0.2) is 42.5 Å². The molecule has 0 fully saturated rings. The van der Waals surface area contributed by atoms with Gasteiger partial charge in [-0.25, -0.2) is 0 Å². The molecule has 6 heteroatoms. The van der Waals surface area contributed by atoms with Gasteiger partial charge in [0.25, 0.3) is 0 Å². The highest BCUT2D eigenvalue weighted by molar-refractivity contribution is 5.86. The number of carbonyl (C=O) groups is 1. The van der Waals surface area contributed by atoms with E-state index in [9.17, 15) is 4.79 Å². The normalized spacial score (nSPS) is 14.1. The first-order valence-corrected chi connectivity index (χ1v) is 10.4.